The summed E-state index contributed by atoms with van der Waals surface area (Å²) in [6.45, 7) is 9.74. The lowest BCUT2D eigenvalue weighted by atomic mass is 10.1. The average Bonchev–Trinajstić information content (AvgIpc) is 2.48. The number of hydrogen-bond acceptors (Lipinski definition) is 5. The molecule has 1 atom stereocenters. The van der Waals surface area contributed by atoms with E-state index in [1.165, 1.54) is 11.8 Å². The molecule has 0 aliphatic carbocycles. The third-order valence-electron chi connectivity index (χ3n) is 3.95. The molecule has 1 heterocycles. The number of aromatic nitrogens is 2. The van der Waals surface area contributed by atoms with Gasteiger partial charge in [-0.1, -0.05) is 12.1 Å². The molecule has 0 bridgehead atoms. The lowest BCUT2D eigenvalue weighted by Crippen LogP contribution is -2.32. The predicted molar refractivity (Wildman–Crippen MR) is 103 cm³/mol. The molecule has 0 radical (unpaired) electrons. The van der Waals surface area contributed by atoms with Crippen LogP contribution in [0.25, 0.3) is 10.9 Å². The van der Waals surface area contributed by atoms with Gasteiger partial charge in [-0.05, 0) is 58.9 Å². The van der Waals surface area contributed by atoms with Crippen LogP contribution < -0.4 is 5.56 Å². The van der Waals surface area contributed by atoms with Crippen molar-refractivity contribution in [3.63, 3.8) is 0 Å². The third-order valence-corrected chi connectivity index (χ3v) is 4.95. The van der Waals surface area contributed by atoms with E-state index in [4.69, 9.17) is 4.74 Å². The van der Waals surface area contributed by atoms with Crippen molar-refractivity contribution in [3.05, 3.63) is 39.9 Å². The molecular formula is C19H26N2O3S. The van der Waals surface area contributed by atoms with Crippen LogP contribution in [0.5, 0.6) is 0 Å². The highest BCUT2D eigenvalue weighted by atomic mass is 32.2. The van der Waals surface area contributed by atoms with Crippen molar-refractivity contribution in [2.75, 3.05) is 6.26 Å². The number of hydrogen-bond donors (Lipinski definition) is 0. The van der Waals surface area contributed by atoms with Crippen molar-refractivity contribution >= 4 is 28.6 Å². The van der Waals surface area contributed by atoms with Gasteiger partial charge in [-0.3, -0.25) is 14.2 Å². The lowest BCUT2D eigenvalue weighted by molar-refractivity contribution is -0.154. The zero-order valence-corrected chi connectivity index (χ0v) is 16.6. The maximum atomic E-state index is 12.9. The highest BCUT2D eigenvalue weighted by molar-refractivity contribution is 7.99. The molecule has 0 saturated carbocycles. The summed E-state index contributed by atoms with van der Waals surface area (Å²) in [7, 11) is 0. The second kappa shape index (κ2) is 7.60. The second-order valence-corrected chi connectivity index (χ2v) is 8.17. The monoisotopic (exact) mass is 362 g/mol. The molecule has 0 amide bonds. The van der Waals surface area contributed by atoms with Crippen molar-refractivity contribution in [3.8, 4) is 0 Å². The first-order valence-corrected chi connectivity index (χ1v) is 9.65. The van der Waals surface area contributed by atoms with Gasteiger partial charge in [0.05, 0.1) is 10.9 Å². The number of rotatable bonds is 5. The third kappa shape index (κ3) is 4.63. The van der Waals surface area contributed by atoms with Gasteiger partial charge in [-0.25, -0.2) is 4.98 Å². The number of nitrogens with zero attached hydrogens (tertiary/aromatic N) is 2. The highest BCUT2D eigenvalue weighted by Gasteiger charge is 2.24. The second-order valence-electron chi connectivity index (χ2n) is 7.13. The Morgan fingerprint density at radius 1 is 1.32 bits per heavy atom. The maximum Gasteiger partial charge on any atom is 0.319 e. The molecule has 1 unspecified atom stereocenters. The Bertz CT molecular complexity index is 837. The standard InChI is InChI=1S/C19H26N2O3S/c1-12-8-7-9-14-16(12)17(22)21(13(2)20-14)11-10-15(25-6)18(23)24-19(3,4)5/h7-9,15H,10-11H2,1-6H3. The molecular weight excluding hydrogens is 336 g/mol. The van der Waals surface area contributed by atoms with Crippen LogP contribution in [0.1, 0.15) is 38.6 Å². The normalized spacial score (nSPS) is 13.0. The van der Waals surface area contributed by atoms with Crippen LogP contribution in [-0.4, -0.2) is 32.6 Å². The van der Waals surface area contributed by atoms with Gasteiger partial charge in [0.2, 0.25) is 0 Å². The number of benzene rings is 1. The largest absolute Gasteiger partial charge is 0.459 e. The molecule has 5 nitrogen and oxygen atoms in total. The number of thioether (sulfide) groups is 1. The van der Waals surface area contributed by atoms with E-state index in [9.17, 15) is 9.59 Å². The molecule has 0 aliphatic rings. The quantitative estimate of drug-likeness (QED) is 0.762. The first-order valence-electron chi connectivity index (χ1n) is 8.36. The Morgan fingerprint density at radius 3 is 2.60 bits per heavy atom. The molecule has 0 spiro atoms. The number of carbonyl (C=O) groups is 1. The molecule has 0 aliphatic heterocycles. The van der Waals surface area contributed by atoms with Crippen molar-refractivity contribution in [1.82, 2.24) is 9.55 Å². The number of aryl methyl sites for hydroxylation is 2. The summed E-state index contributed by atoms with van der Waals surface area (Å²) in [4.78, 5) is 29.7. The Balaban J connectivity index is 2.27. The smallest absolute Gasteiger partial charge is 0.319 e. The van der Waals surface area contributed by atoms with Gasteiger partial charge in [0, 0.05) is 6.54 Å². The first-order chi connectivity index (χ1) is 11.6. The highest BCUT2D eigenvalue weighted by Crippen LogP contribution is 2.19. The molecule has 25 heavy (non-hydrogen) atoms. The number of esters is 1. The fourth-order valence-corrected chi connectivity index (χ4v) is 3.33. The van der Waals surface area contributed by atoms with E-state index in [2.05, 4.69) is 4.98 Å². The van der Waals surface area contributed by atoms with Crippen molar-refractivity contribution in [1.29, 1.82) is 0 Å². The SMILES string of the molecule is CSC(CCn1c(C)nc2cccc(C)c2c1=O)C(=O)OC(C)(C)C. The minimum Gasteiger partial charge on any atom is -0.459 e. The number of carbonyl (C=O) groups excluding carboxylic acids is 1. The van der Waals surface area contributed by atoms with E-state index in [-0.39, 0.29) is 16.8 Å². The molecule has 1 aromatic heterocycles. The summed E-state index contributed by atoms with van der Waals surface area (Å²) in [5.41, 5.74) is 1.06. The Hall–Kier alpha value is -1.82. The fourth-order valence-electron chi connectivity index (χ4n) is 2.75. The van der Waals surface area contributed by atoms with E-state index in [1.807, 2.05) is 59.1 Å². The van der Waals surface area contributed by atoms with E-state index >= 15 is 0 Å². The summed E-state index contributed by atoms with van der Waals surface area (Å²) < 4.78 is 7.12. The van der Waals surface area contributed by atoms with Crippen LogP contribution in [0.4, 0.5) is 0 Å². The van der Waals surface area contributed by atoms with Gasteiger partial charge >= 0.3 is 5.97 Å². The minimum absolute atomic E-state index is 0.0513. The molecule has 0 fully saturated rings. The zero-order valence-electron chi connectivity index (χ0n) is 15.8. The van der Waals surface area contributed by atoms with Crippen LogP contribution in [0.2, 0.25) is 0 Å². The van der Waals surface area contributed by atoms with Crippen LogP contribution in [0.15, 0.2) is 23.0 Å². The molecule has 2 rings (SSSR count). The predicted octanol–water partition coefficient (Wildman–Crippen LogP) is 3.48. The van der Waals surface area contributed by atoms with Crippen molar-refractivity contribution < 1.29 is 9.53 Å². The Morgan fingerprint density at radius 2 is 2.00 bits per heavy atom. The minimum atomic E-state index is -0.514. The van der Waals surface area contributed by atoms with Crippen LogP contribution in [0.3, 0.4) is 0 Å². The summed E-state index contributed by atoms with van der Waals surface area (Å²) >= 11 is 1.45. The summed E-state index contributed by atoms with van der Waals surface area (Å²) in [5.74, 6) is 0.419. The van der Waals surface area contributed by atoms with E-state index < -0.39 is 5.60 Å². The summed E-state index contributed by atoms with van der Waals surface area (Å²) in [6.07, 6.45) is 2.41. The first kappa shape index (κ1) is 19.5. The van der Waals surface area contributed by atoms with Gasteiger partial charge in [0.1, 0.15) is 16.7 Å². The van der Waals surface area contributed by atoms with Crippen molar-refractivity contribution in [2.45, 2.75) is 58.4 Å². The van der Waals surface area contributed by atoms with Gasteiger partial charge in [-0.2, -0.15) is 11.8 Å². The van der Waals surface area contributed by atoms with Crippen LogP contribution >= 0.6 is 11.8 Å². The van der Waals surface area contributed by atoms with E-state index in [0.717, 1.165) is 5.56 Å². The molecule has 2 aromatic rings. The lowest BCUT2D eigenvalue weighted by Gasteiger charge is -2.23. The Kier molecular flexibility index (Phi) is 5.93. The zero-order chi connectivity index (χ0) is 18.8. The summed E-state index contributed by atoms with van der Waals surface area (Å²) in [5, 5.41) is 0.337. The number of fused-ring (bicyclic) bond motifs is 1. The van der Waals surface area contributed by atoms with Gasteiger partial charge in [-0.15, -0.1) is 0 Å². The number of ether oxygens (including phenoxy) is 1. The van der Waals surface area contributed by atoms with Gasteiger partial charge in [0.15, 0.2) is 0 Å². The molecule has 0 saturated heterocycles. The van der Waals surface area contributed by atoms with Gasteiger partial charge < -0.3 is 4.74 Å². The Labute approximate surface area is 152 Å². The molecule has 6 heteroatoms. The van der Waals surface area contributed by atoms with Crippen LogP contribution in [0, 0.1) is 13.8 Å². The fraction of sp³-hybridized carbons (Fsp3) is 0.526. The topological polar surface area (TPSA) is 61.2 Å². The van der Waals surface area contributed by atoms with Crippen molar-refractivity contribution in [2.24, 2.45) is 0 Å². The molecule has 0 N–H and O–H groups in total. The van der Waals surface area contributed by atoms with E-state index in [0.29, 0.717) is 29.7 Å². The molecule has 136 valence electrons. The van der Waals surface area contributed by atoms with E-state index in [1.54, 1.807) is 4.57 Å². The molecule has 1 aromatic carbocycles. The van der Waals surface area contributed by atoms with Gasteiger partial charge in [0.25, 0.3) is 5.56 Å². The van der Waals surface area contributed by atoms with Crippen LogP contribution in [-0.2, 0) is 16.1 Å². The summed E-state index contributed by atoms with van der Waals surface area (Å²) in [6, 6.07) is 5.67. The maximum absolute atomic E-state index is 12.9. The average molecular weight is 362 g/mol.